The minimum absolute atomic E-state index is 0.587. The van der Waals surface area contributed by atoms with Gasteiger partial charge in [-0.3, -0.25) is 0 Å². The number of rotatable bonds is 7. The van der Waals surface area contributed by atoms with Crippen LogP contribution in [0.4, 0.5) is 4.79 Å². The fourth-order valence-corrected chi connectivity index (χ4v) is 1.34. The number of carboxylic acid groups (broad SMARTS) is 1. The molecule has 0 fully saturated rings. The molecule has 0 aromatic carbocycles. The molecule has 0 unspecified atom stereocenters. The van der Waals surface area contributed by atoms with E-state index in [1.807, 2.05) is 0 Å². The van der Waals surface area contributed by atoms with E-state index in [4.69, 9.17) is 5.11 Å². The summed E-state index contributed by atoms with van der Waals surface area (Å²) in [5.74, 6) is 0. The molecule has 0 saturated carbocycles. The highest BCUT2D eigenvalue weighted by Gasteiger charge is 1.93. The van der Waals surface area contributed by atoms with Gasteiger partial charge in [0, 0.05) is 11.9 Å². The van der Waals surface area contributed by atoms with Crippen LogP contribution in [0, 0.1) is 0 Å². The second-order valence-electron chi connectivity index (χ2n) is 2.69. The van der Waals surface area contributed by atoms with Crippen molar-refractivity contribution in [3.63, 3.8) is 0 Å². The number of carbonyl (C=O) groups is 1. The van der Waals surface area contributed by atoms with Crippen LogP contribution in [0.5, 0.6) is 0 Å². The topological polar surface area (TPSA) is 49.3 Å². The summed E-state index contributed by atoms with van der Waals surface area (Å²) in [6.45, 7) is 0.587. The maximum Gasteiger partial charge on any atom is 0.404 e. The lowest BCUT2D eigenvalue weighted by Gasteiger charge is -2.00. The van der Waals surface area contributed by atoms with E-state index in [0.717, 1.165) is 18.2 Å². The van der Waals surface area contributed by atoms with Crippen LogP contribution in [0.25, 0.3) is 0 Å². The summed E-state index contributed by atoms with van der Waals surface area (Å²) in [4.78, 5) is 10.0. The van der Waals surface area contributed by atoms with Crippen molar-refractivity contribution in [1.82, 2.24) is 5.32 Å². The third-order valence-corrected chi connectivity index (χ3v) is 2.15. The Morgan fingerprint density at radius 3 is 2.33 bits per heavy atom. The van der Waals surface area contributed by atoms with E-state index in [9.17, 15) is 4.79 Å². The molecule has 3 nitrogen and oxygen atoms in total. The Morgan fingerprint density at radius 1 is 1.17 bits per heavy atom. The van der Waals surface area contributed by atoms with E-state index in [-0.39, 0.29) is 0 Å². The predicted molar refractivity (Wildman–Crippen MR) is 52.9 cm³/mol. The number of halogens is 1. The summed E-state index contributed by atoms with van der Waals surface area (Å²) in [5, 5.41) is 11.7. The normalized spacial score (nSPS) is 9.75. The molecule has 72 valence electrons. The third kappa shape index (κ3) is 9.75. The molecule has 0 saturated heterocycles. The molecule has 0 rings (SSSR count). The van der Waals surface area contributed by atoms with Crippen LogP contribution in [0.15, 0.2) is 0 Å². The van der Waals surface area contributed by atoms with Crippen LogP contribution in [-0.4, -0.2) is 23.1 Å². The summed E-state index contributed by atoms with van der Waals surface area (Å²) in [6.07, 6.45) is 4.80. The molecule has 0 heterocycles. The van der Waals surface area contributed by atoms with Gasteiger partial charge in [0.2, 0.25) is 0 Å². The molecule has 0 aromatic heterocycles. The summed E-state index contributed by atoms with van der Waals surface area (Å²) in [6, 6.07) is 0. The second-order valence-corrected chi connectivity index (χ2v) is 3.48. The minimum atomic E-state index is -0.921. The van der Waals surface area contributed by atoms with Crippen molar-refractivity contribution in [1.29, 1.82) is 0 Å². The van der Waals surface area contributed by atoms with E-state index < -0.39 is 6.09 Å². The van der Waals surface area contributed by atoms with Crippen molar-refractivity contribution < 1.29 is 9.90 Å². The first-order valence-corrected chi connectivity index (χ1v) is 5.42. The lowest BCUT2D eigenvalue weighted by molar-refractivity contribution is 0.194. The first-order valence-electron chi connectivity index (χ1n) is 4.30. The summed E-state index contributed by atoms with van der Waals surface area (Å²) >= 11 is 3.36. The molecule has 0 aliphatic rings. The van der Waals surface area contributed by atoms with Gasteiger partial charge in [-0.2, -0.15) is 0 Å². The van der Waals surface area contributed by atoms with Crippen LogP contribution >= 0.6 is 15.9 Å². The van der Waals surface area contributed by atoms with Gasteiger partial charge in [-0.15, -0.1) is 0 Å². The highest BCUT2D eigenvalue weighted by atomic mass is 79.9. The lowest BCUT2D eigenvalue weighted by Crippen LogP contribution is -2.21. The fraction of sp³-hybridized carbons (Fsp3) is 0.875. The van der Waals surface area contributed by atoms with Crippen molar-refractivity contribution in [2.24, 2.45) is 0 Å². The van der Waals surface area contributed by atoms with Gasteiger partial charge in [-0.25, -0.2) is 4.79 Å². The van der Waals surface area contributed by atoms with Crippen LogP contribution in [0.1, 0.15) is 32.1 Å². The Labute approximate surface area is 81.7 Å². The average Bonchev–Trinajstić information content (AvgIpc) is 2.02. The molecule has 0 bridgehead atoms. The minimum Gasteiger partial charge on any atom is -0.465 e. The van der Waals surface area contributed by atoms with Gasteiger partial charge in [0.05, 0.1) is 0 Å². The Balaban J connectivity index is 2.86. The Hall–Kier alpha value is -0.250. The van der Waals surface area contributed by atoms with E-state index in [1.54, 1.807) is 0 Å². The first-order chi connectivity index (χ1) is 5.77. The number of unbranched alkanes of at least 4 members (excludes halogenated alkanes) is 4. The zero-order valence-corrected chi connectivity index (χ0v) is 8.77. The number of alkyl halides is 1. The molecule has 12 heavy (non-hydrogen) atoms. The van der Waals surface area contributed by atoms with Crippen LogP contribution in [-0.2, 0) is 0 Å². The first kappa shape index (κ1) is 11.8. The van der Waals surface area contributed by atoms with E-state index >= 15 is 0 Å². The number of hydrogen-bond acceptors (Lipinski definition) is 1. The van der Waals surface area contributed by atoms with Gasteiger partial charge < -0.3 is 10.4 Å². The van der Waals surface area contributed by atoms with Gasteiger partial charge in [0.15, 0.2) is 0 Å². The number of hydrogen-bond donors (Lipinski definition) is 2. The molecule has 0 radical (unpaired) electrons. The standard InChI is InChI=1S/C8H16BrNO2/c9-6-4-2-1-3-5-7-10-8(11)12/h10H,1-7H2,(H,11,12). The van der Waals surface area contributed by atoms with E-state index in [0.29, 0.717) is 6.54 Å². The zero-order valence-electron chi connectivity index (χ0n) is 7.18. The van der Waals surface area contributed by atoms with E-state index in [2.05, 4.69) is 21.2 Å². The molecule has 0 spiro atoms. The second kappa shape index (κ2) is 8.84. The van der Waals surface area contributed by atoms with Crippen molar-refractivity contribution in [3.05, 3.63) is 0 Å². The van der Waals surface area contributed by atoms with Crippen molar-refractivity contribution in [2.75, 3.05) is 11.9 Å². The molecule has 2 N–H and O–H groups in total. The molecular weight excluding hydrogens is 222 g/mol. The maximum atomic E-state index is 10.0. The monoisotopic (exact) mass is 237 g/mol. The zero-order chi connectivity index (χ0) is 9.23. The van der Waals surface area contributed by atoms with Gasteiger partial charge in [0.25, 0.3) is 0 Å². The van der Waals surface area contributed by atoms with Gasteiger partial charge in [-0.1, -0.05) is 35.2 Å². The molecule has 1 amide bonds. The van der Waals surface area contributed by atoms with Crippen molar-refractivity contribution >= 4 is 22.0 Å². The highest BCUT2D eigenvalue weighted by molar-refractivity contribution is 9.09. The maximum absolute atomic E-state index is 10.0. The highest BCUT2D eigenvalue weighted by Crippen LogP contribution is 2.03. The number of amides is 1. The molecule has 0 aliphatic heterocycles. The van der Waals surface area contributed by atoms with Gasteiger partial charge in [-0.05, 0) is 12.8 Å². The third-order valence-electron chi connectivity index (χ3n) is 1.59. The molecule has 4 heteroatoms. The molecule has 0 aliphatic carbocycles. The SMILES string of the molecule is O=C(O)NCCCCCCCBr. The quantitative estimate of drug-likeness (QED) is 0.529. The fourth-order valence-electron chi connectivity index (χ4n) is 0.945. The lowest BCUT2D eigenvalue weighted by atomic mass is 10.1. The Bertz CT molecular complexity index is 120. The summed E-state index contributed by atoms with van der Waals surface area (Å²) in [5.41, 5.74) is 0. The van der Waals surface area contributed by atoms with Crippen LogP contribution < -0.4 is 5.32 Å². The van der Waals surface area contributed by atoms with Gasteiger partial charge in [0.1, 0.15) is 0 Å². The average molecular weight is 238 g/mol. The molecular formula is C8H16BrNO2. The van der Waals surface area contributed by atoms with Crippen LogP contribution in [0.3, 0.4) is 0 Å². The van der Waals surface area contributed by atoms with E-state index in [1.165, 1.54) is 19.3 Å². The van der Waals surface area contributed by atoms with Crippen molar-refractivity contribution in [2.45, 2.75) is 32.1 Å². The smallest absolute Gasteiger partial charge is 0.404 e. The van der Waals surface area contributed by atoms with Gasteiger partial charge >= 0.3 is 6.09 Å². The Morgan fingerprint density at radius 2 is 1.75 bits per heavy atom. The largest absolute Gasteiger partial charge is 0.465 e. The number of nitrogens with one attached hydrogen (secondary N) is 1. The predicted octanol–water partition coefficient (Wildman–Crippen LogP) is 2.60. The summed E-state index contributed by atoms with van der Waals surface area (Å²) in [7, 11) is 0. The molecule has 0 atom stereocenters. The summed E-state index contributed by atoms with van der Waals surface area (Å²) < 4.78 is 0. The Kier molecular flexibility index (Phi) is 8.66. The molecule has 0 aromatic rings. The van der Waals surface area contributed by atoms with Crippen molar-refractivity contribution in [3.8, 4) is 0 Å². The van der Waals surface area contributed by atoms with Crippen LogP contribution in [0.2, 0.25) is 0 Å².